The predicted octanol–water partition coefficient (Wildman–Crippen LogP) is 1.99. The lowest BCUT2D eigenvalue weighted by molar-refractivity contribution is -0.0481. The summed E-state index contributed by atoms with van der Waals surface area (Å²) in [6.07, 6.45) is 3.73. The van der Waals surface area contributed by atoms with Crippen LogP contribution in [-0.4, -0.2) is 34.0 Å². The van der Waals surface area contributed by atoms with Crippen LogP contribution in [0.4, 0.5) is 4.39 Å². The topological polar surface area (TPSA) is 47.3 Å². The van der Waals surface area contributed by atoms with E-state index in [9.17, 15) is 9.50 Å². The number of hydrogen-bond donors (Lipinski definition) is 1. The molecule has 0 saturated carbocycles. The Balaban J connectivity index is 1.85. The number of hydrogen-bond acceptors (Lipinski definition) is 3. The van der Waals surface area contributed by atoms with E-state index in [0.717, 1.165) is 16.8 Å². The van der Waals surface area contributed by atoms with Crippen LogP contribution in [0.3, 0.4) is 0 Å². The number of benzene rings is 1. The normalized spacial score (nSPS) is 28.2. The molecule has 1 N–H and O–H groups in total. The summed E-state index contributed by atoms with van der Waals surface area (Å²) in [4.78, 5) is 4.16. The van der Waals surface area contributed by atoms with Crippen molar-refractivity contribution in [1.29, 1.82) is 0 Å². The maximum atomic E-state index is 13.5. The maximum absolute atomic E-state index is 13.5. The molecule has 0 unspecified atom stereocenters. The Morgan fingerprint density at radius 2 is 2.30 bits per heavy atom. The Hall–Kier alpha value is -1.72. The lowest BCUT2D eigenvalue weighted by Gasteiger charge is -2.33. The number of aliphatic hydroxyl groups is 1. The largest absolute Gasteiger partial charge is 0.393 e. The van der Waals surface area contributed by atoms with Crippen molar-refractivity contribution in [2.45, 2.75) is 18.6 Å². The first-order valence-electron chi connectivity index (χ1n) is 6.83. The van der Waals surface area contributed by atoms with Crippen LogP contribution in [0.5, 0.6) is 0 Å². The third kappa shape index (κ3) is 1.63. The molecule has 1 saturated heterocycles. The Kier molecular flexibility index (Phi) is 2.65. The highest BCUT2D eigenvalue weighted by Crippen LogP contribution is 2.45. The van der Waals surface area contributed by atoms with Crippen LogP contribution < -0.4 is 0 Å². The molecule has 0 amide bonds. The Morgan fingerprint density at radius 3 is 3.15 bits per heavy atom. The quantitative estimate of drug-likeness (QED) is 0.865. The molecule has 0 bridgehead atoms. The van der Waals surface area contributed by atoms with Crippen LogP contribution in [0.15, 0.2) is 30.7 Å². The SMILES string of the molecule is O[C@H]1CCOC[C@@H]1[C@@H]1c2ccc(F)cc2-c2cncn21. The van der Waals surface area contributed by atoms with E-state index < -0.39 is 6.10 Å². The summed E-state index contributed by atoms with van der Waals surface area (Å²) in [5.41, 5.74) is 2.81. The molecular formula is C15H15FN2O2. The number of nitrogens with zero attached hydrogens (tertiary/aromatic N) is 2. The van der Waals surface area contributed by atoms with E-state index in [1.54, 1.807) is 18.6 Å². The van der Waals surface area contributed by atoms with Gasteiger partial charge in [0, 0.05) is 18.1 Å². The van der Waals surface area contributed by atoms with Gasteiger partial charge in [0.1, 0.15) is 5.82 Å². The highest BCUT2D eigenvalue weighted by atomic mass is 19.1. The zero-order chi connectivity index (χ0) is 13.7. The van der Waals surface area contributed by atoms with Crippen molar-refractivity contribution < 1.29 is 14.2 Å². The van der Waals surface area contributed by atoms with Gasteiger partial charge < -0.3 is 14.4 Å². The molecule has 4 nitrogen and oxygen atoms in total. The summed E-state index contributed by atoms with van der Waals surface area (Å²) in [7, 11) is 0. The molecule has 104 valence electrons. The van der Waals surface area contributed by atoms with Gasteiger partial charge in [-0.1, -0.05) is 6.07 Å². The van der Waals surface area contributed by atoms with E-state index in [4.69, 9.17) is 4.74 Å². The molecule has 0 aliphatic carbocycles. The first kappa shape index (κ1) is 12.1. The second kappa shape index (κ2) is 4.40. The molecule has 20 heavy (non-hydrogen) atoms. The fourth-order valence-corrected chi connectivity index (χ4v) is 3.38. The first-order valence-corrected chi connectivity index (χ1v) is 6.83. The van der Waals surface area contributed by atoms with Crippen LogP contribution in [0.25, 0.3) is 11.3 Å². The third-order valence-corrected chi connectivity index (χ3v) is 4.34. The summed E-state index contributed by atoms with van der Waals surface area (Å²) in [5.74, 6) is -0.277. The van der Waals surface area contributed by atoms with Crippen LogP contribution in [0.2, 0.25) is 0 Å². The molecule has 1 aromatic heterocycles. The van der Waals surface area contributed by atoms with Gasteiger partial charge in [0.2, 0.25) is 0 Å². The Bertz CT molecular complexity index is 655. The van der Waals surface area contributed by atoms with E-state index in [-0.39, 0.29) is 17.8 Å². The third-order valence-electron chi connectivity index (χ3n) is 4.34. The fourth-order valence-electron chi connectivity index (χ4n) is 3.38. The van der Waals surface area contributed by atoms with Crippen molar-refractivity contribution in [2.24, 2.45) is 5.92 Å². The van der Waals surface area contributed by atoms with Gasteiger partial charge in [0.25, 0.3) is 0 Å². The molecule has 1 aromatic carbocycles. The molecular weight excluding hydrogens is 259 g/mol. The summed E-state index contributed by atoms with van der Waals surface area (Å²) < 4.78 is 21.1. The molecule has 2 aromatic rings. The van der Waals surface area contributed by atoms with Gasteiger partial charge in [0.05, 0.1) is 37.0 Å². The molecule has 2 aliphatic rings. The minimum atomic E-state index is -0.403. The lowest BCUT2D eigenvalue weighted by atomic mass is 9.86. The van der Waals surface area contributed by atoms with Crippen molar-refractivity contribution in [2.75, 3.05) is 13.2 Å². The van der Waals surface area contributed by atoms with Crippen molar-refractivity contribution in [3.63, 3.8) is 0 Å². The van der Waals surface area contributed by atoms with E-state index >= 15 is 0 Å². The van der Waals surface area contributed by atoms with Crippen molar-refractivity contribution >= 4 is 0 Å². The zero-order valence-electron chi connectivity index (χ0n) is 10.9. The van der Waals surface area contributed by atoms with Gasteiger partial charge in [-0.15, -0.1) is 0 Å². The number of rotatable bonds is 1. The molecule has 5 heteroatoms. The monoisotopic (exact) mass is 274 g/mol. The van der Waals surface area contributed by atoms with E-state index in [1.165, 1.54) is 6.07 Å². The molecule has 0 spiro atoms. The molecule has 2 aliphatic heterocycles. The first-order chi connectivity index (χ1) is 9.75. The smallest absolute Gasteiger partial charge is 0.123 e. The van der Waals surface area contributed by atoms with Crippen LogP contribution in [0, 0.1) is 11.7 Å². The van der Waals surface area contributed by atoms with Crippen LogP contribution in [0.1, 0.15) is 18.0 Å². The fraction of sp³-hybridized carbons (Fsp3) is 0.400. The molecule has 1 fully saturated rings. The zero-order valence-corrected chi connectivity index (χ0v) is 10.9. The van der Waals surface area contributed by atoms with Gasteiger partial charge in [-0.05, 0) is 24.1 Å². The molecule has 4 rings (SSSR count). The minimum Gasteiger partial charge on any atom is -0.393 e. The molecule has 3 heterocycles. The van der Waals surface area contributed by atoms with E-state index in [0.29, 0.717) is 19.6 Å². The van der Waals surface area contributed by atoms with Crippen LogP contribution in [-0.2, 0) is 4.74 Å². The highest BCUT2D eigenvalue weighted by molar-refractivity contribution is 5.69. The lowest BCUT2D eigenvalue weighted by Crippen LogP contribution is -2.37. The van der Waals surface area contributed by atoms with Crippen molar-refractivity contribution in [3.8, 4) is 11.3 Å². The summed E-state index contributed by atoms with van der Waals surface area (Å²) in [5, 5.41) is 10.3. The molecule has 3 atom stereocenters. The summed E-state index contributed by atoms with van der Waals surface area (Å²) in [6.45, 7) is 1.11. The number of aromatic nitrogens is 2. The average molecular weight is 274 g/mol. The van der Waals surface area contributed by atoms with Gasteiger partial charge >= 0.3 is 0 Å². The van der Waals surface area contributed by atoms with Gasteiger partial charge in [-0.2, -0.15) is 0 Å². The van der Waals surface area contributed by atoms with Gasteiger partial charge in [-0.3, -0.25) is 0 Å². The van der Waals surface area contributed by atoms with Gasteiger partial charge in [0.15, 0.2) is 0 Å². The minimum absolute atomic E-state index is 0.0246. The average Bonchev–Trinajstić information content (AvgIpc) is 3.00. The van der Waals surface area contributed by atoms with Crippen LogP contribution >= 0.6 is 0 Å². The predicted molar refractivity (Wildman–Crippen MR) is 70.7 cm³/mol. The number of aliphatic hydroxyl groups excluding tert-OH is 1. The van der Waals surface area contributed by atoms with E-state index in [2.05, 4.69) is 4.98 Å². The number of imidazole rings is 1. The van der Waals surface area contributed by atoms with Crippen molar-refractivity contribution in [3.05, 3.63) is 42.1 Å². The maximum Gasteiger partial charge on any atom is 0.123 e. The summed E-state index contributed by atoms with van der Waals surface area (Å²) >= 11 is 0. The standard InChI is InChI=1S/C15H15FN2O2/c16-9-1-2-10-11(5-9)13-6-17-8-18(13)15(10)12-7-20-4-3-14(12)19/h1-2,5-6,8,12,14-15,19H,3-4,7H2/t12-,14-,15-/m0/s1. The number of halogens is 1. The summed E-state index contributed by atoms with van der Waals surface area (Å²) in [6, 6.07) is 4.79. The van der Waals surface area contributed by atoms with Crippen molar-refractivity contribution in [1.82, 2.24) is 9.55 Å². The van der Waals surface area contributed by atoms with Gasteiger partial charge in [-0.25, -0.2) is 9.37 Å². The Morgan fingerprint density at radius 1 is 1.40 bits per heavy atom. The number of fused-ring (bicyclic) bond motifs is 3. The van der Waals surface area contributed by atoms with E-state index in [1.807, 2.05) is 10.6 Å². The highest BCUT2D eigenvalue weighted by Gasteiger charge is 2.39. The second-order valence-electron chi connectivity index (χ2n) is 5.46. The Labute approximate surface area is 115 Å². The number of ether oxygens (including phenoxy) is 1. The molecule has 0 radical (unpaired) electrons. The second-order valence-corrected chi connectivity index (χ2v) is 5.46.